The van der Waals surface area contributed by atoms with Crippen LogP contribution in [0.15, 0.2) is 72.1 Å². The zero-order valence-electron chi connectivity index (χ0n) is 20.0. The molecule has 0 unspecified atom stereocenters. The van der Waals surface area contributed by atoms with E-state index >= 15 is 0 Å². The van der Waals surface area contributed by atoms with E-state index in [-0.39, 0.29) is 24.4 Å². The lowest BCUT2D eigenvalue weighted by molar-refractivity contribution is -0.143. The first kappa shape index (κ1) is 24.2. The van der Waals surface area contributed by atoms with Gasteiger partial charge < -0.3 is 9.80 Å². The van der Waals surface area contributed by atoms with Gasteiger partial charge >= 0.3 is 0 Å². The molecule has 0 bridgehead atoms. The first-order valence-corrected chi connectivity index (χ1v) is 13.2. The molecule has 5 heteroatoms. The average molecular weight is 475 g/mol. The Bertz CT molecular complexity index is 1060. The van der Waals surface area contributed by atoms with Gasteiger partial charge in [0.05, 0.1) is 13.0 Å². The SMILES string of the molecule is Cc1ccsc1CN(Cc1ccccc1)C(=O)CN(C(=O)Cc1ccccc1)C1CCCCC1. The first-order chi connectivity index (χ1) is 16.6. The van der Waals surface area contributed by atoms with Gasteiger partial charge in [-0.05, 0) is 47.9 Å². The smallest absolute Gasteiger partial charge is 0.242 e. The second-order valence-corrected chi connectivity index (χ2v) is 10.2. The number of benzene rings is 2. The van der Waals surface area contributed by atoms with Crippen LogP contribution in [0.25, 0.3) is 0 Å². The summed E-state index contributed by atoms with van der Waals surface area (Å²) in [5.74, 6) is 0.0713. The van der Waals surface area contributed by atoms with Crippen LogP contribution in [-0.4, -0.2) is 34.2 Å². The van der Waals surface area contributed by atoms with E-state index in [0.29, 0.717) is 19.5 Å². The Morgan fingerprint density at radius 2 is 1.47 bits per heavy atom. The van der Waals surface area contributed by atoms with Gasteiger partial charge in [0, 0.05) is 17.5 Å². The van der Waals surface area contributed by atoms with Crippen molar-refractivity contribution in [2.45, 2.75) is 64.6 Å². The van der Waals surface area contributed by atoms with Crippen molar-refractivity contribution in [2.24, 2.45) is 0 Å². The van der Waals surface area contributed by atoms with Gasteiger partial charge in [0.2, 0.25) is 11.8 Å². The molecule has 1 aliphatic rings. The number of amides is 2. The quantitative estimate of drug-likeness (QED) is 0.382. The maximum atomic E-state index is 13.7. The van der Waals surface area contributed by atoms with Crippen molar-refractivity contribution in [1.82, 2.24) is 9.80 Å². The Hall–Kier alpha value is -2.92. The second kappa shape index (κ2) is 12.0. The van der Waals surface area contributed by atoms with Crippen LogP contribution >= 0.6 is 11.3 Å². The maximum absolute atomic E-state index is 13.7. The number of rotatable bonds is 9. The van der Waals surface area contributed by atoms with Crippen LogP contribution in [-0.2, 0) is 29.1 Å². The Labute approximate surface area is 207 Å². The zero-order chi connectivity index (χ0) is 23.8. The van der Waals surface area contributed by atoms with E-state index < -0.39 is 0 Å². The summed E-state index contributed by atoms with van der Waals surface area (Å²) < 4.78 is 0. The van der Waals surface area contributed by atoms with E-state index in [0.717, 1.165) is 36.8 Å². The Kier molecular flexibility index (Phi) is 8.53. The van der Waals surface area contributed by atoms with Crippen molar-refractivity contribution in [3.05, 3.63) is 93.7 Å². The third-order valence-electron chi connectivity index (χ3n) is 6.71. The highest BCUT2D eigenvalue weighted by atomic mass is 32.1. The van der Waals surface area contributed by atoms with E-state index in [1.54, 1.807) is 11.3 Å². The fourth-order valence-electron chi connectivity index (χ4n) is 4.71. The van der Waals surface area contributed by atoms with E-state index in [1.807, 2.05) is 58.3 Å². The minimum atomic E-state index is 0.0173. The fraction of sp³-hybridized carbons (Fsp3) is 0.379. The second-order valence-electron chi connectivity index (χ2n) is 9.24. The monoisotopic (exact) mass is 474 g/mol. The van der Waals surface area contributed by atoms with Gasteiger partial charge in [-0.3, -0.25) is 9.59 Å². The molecule has 1 fully saturated rings. The van der Waals surface area contributed by atoms with Crippen LogP contribution in [0.1, 0.15) is 53.7 Å². The third kappa shape index (κ3) is 6.57. The lowest BCUT2D eigenvalue weighted by Crippen LogP contribution is -2.48. The molecule has 3 aromatic rings. The molecule has 4 rings (SSSR count). The third-order valence-corrected chi connectivity index (χ3v) is 7.72. The van der Waals surface area contributed by atoms with Crippen LogP contribution in [0.4, 0.5) is 0 Å². The standard InChI is InChI=1S/C29H34N2O2S/c1-23-17-18-34-27(23)21-30(20-25-13-7-3-8-14-25)29(33)22-31(26-15-9-4-10-16-26)28(32)19-24-11-5-2-6-12-24/h2-3,5-8,11-14,17-18,26H,4,9-10,15-16,19-22H2,1H3. The van der Waals surface area contributed by atoms with Crippen LogP contribution in [0.2, 0.25) is 0 Å². The Morgan fingerprint density at radius 1 is 0.824 bits per heavy atom. The van der Waals surface area contributed by atoms with Gasteiger partial charge in [-0.2, -0.15) is 0 Å². The summed E-state index contributed by atoms with van der Waals surface area (Å²) in [4.78, 5) is 32.2. The van der Waals surface area contributed by atoms with Crippen molar-refractivity contribution in [3.8, 4) is 0 Å². The van der Waals surface area contributed by atoms with Crippen molar-refractivity contribution in [2.75, 3.05) is 6.54 Å². The highest BCUT2D eigenvalue weighted by Gasteiger charge is 2.29. The van der Waals surface area contributed by atoms with E-state index in [1.165, 1.54) is 16.9 Å². The van der Waals surface area contributed by atoms with Gasteiger partial charge in [-0.25, -0.2) is 0 Å². The topological polar surface area (TPSA) is 40.6 Å². The molecule has 1 aromatic heterocycles. The van der Waals surface area contributed by atoms with Crippen LogP contribution in [0, 0.1) is 6.92 Å². The highest BCUT2D eigenvalue weighted by molar-refractivity contribution is 7.10. The molecule has 34 heavy (non-hydrogen) atoms. The summed E-state index contributed by atoms with van der Waals surface area (Å²) in [7, 11) is 0. The number of hydrogen-bond acceptors (Lipinski definition) is 3. The number of hydrogen-bond donors (Lipinski definition) is 0. The van der Waals surface area contributed by atoms with Gasteiger partial charge in [0.1, 0.15) is 6.54 Å². The molecule has 1 saturated carbocycles. The summed E-state index contributed by atoms with van der Waals surface area (Å²) in [5.41, 5.74) is 3.31. The molecule has 178 valence electrons. The molecule has 0 saturated heterocycles. The van der Waals surface area contributed by atoms with E-state index in [2.05, 4.69) is 30.5 Å². The minimum Gasteiger partial charge on any atom is -0.332 e. The van der Waals surface area contributed by atoms with Crippen molar-refractivity contribution in [1.29, 1.82) is 0 Å². The summed E-state index contributed by atoms with van der Waals surface area (Å²) in [5, 5.41) is 2.08. The van der Waals surface area contributed by atoms with Crippen molar-refractivity contribution < 1.29 is 9.59 Å². The van der Waals surface area contributed by atoms with Crippen molar-refractivity contribution in [3.63, 3.8) is 0 Å². The lowest BCUT2D eigenvalue weighted by atomic mass is 9.93. The molecule has 0 spiro atoms. The number of thiophene rings is 1. The Balaban J connectivity index is 1.54. The number of carbonyl (C=O) groups is 2. The predicted octanol–water partition coefficient (Wildman–Crippen LogP) is 5.99. The molecule has 2 aromatic carbocycles. The lowest BCUT2D eigenvalue weighted by Gasteiger charge is -2.35. The summed E-state index contributed by atoms with van der Waals surface area (Å²) in [6.45, 7) is 3.35. The van der Waals surface area contributed by atoms with E-state index in [9.17, 15) is 9.59 Å². The molecule has 2 amide bonds. The minimum absolute atomic E-state index is 0.0173. The predicted molar refractivity (Wildman–Crippen MR) is 138 cm³/mol. The molecule has 0 aliphatic heterocycles. The van der Waals surface area contributed by atoms with Gasteiger partial charge in [0.25, 0.3) is 0 Å². The zero-order valence-corrected chi connectivity index (χ0v) is 20.8. The van der Waals surface area contributed by atoms with Crippen LogP contribution in [0.3, 0.4) is 0 Å². The summed E-state index contributed by atoms with van der Waals surface area (Å²) >= 11 is 1.69. The van der Waals surface area contributed by atoms with Gasteiger partial charge in [-0.15, -0.1) is 11.3 Å². The van der Waals surface area contributed by atoms with Crippen molar-refractivity contribution >= 4 is 23.2 Å². The summed E-state index contributed by atoms with van der Waals surface area (Å²) in [6.07, 6.45) is 5.76. The van der Waals surface area contributed by atoms with E-state index in [4.69, 9.17) is 0 Å². The number of carbonyl (C=O) groups excluding carboxylic acids is 2. The molecular weight excluding hydrogens is 440 g/mol. The molecule has 4 nitrogen and oxygen atoms in total. The fourth-order valence-corrected chi connectivity index (χ4v) is 5.63. The molecular formula is C29H34N2O2S. The molecule has 1 aliphatic carbocycles. The number of aryl methyl sites for hydroxylation is 1. The van der Waals surface area contributed by atoms with Crippen LogP contribution in [0.5, 0.6) is 0 Å². The van der Waals surface area contributed by atoms with Crippen LogP contribution < -0.4 is 0 Å². The van der Waals surface area contributed by atoms with Gasteiger partial charge in [0.15, 0.2) is 0 Å². The molecule has 0 radical (unpaired) electrons. The normalized spacial score (nSPS) is 14.0. The Morgan fingerprint density at radius 3 is 2.09 bits per heavy atom. The number of nitrogens with zero attached hydrogens (tertiary/aromatic N) is 2. The van der Waals surface area contributed by atoms with Gasteiger partial charge in [-0.1, -0.05) is 79.9 Å². The first-order valence-electron chi connectivity index (χ1n) is 12.3. The maximum Gasteiger partial charge on any atom is 0.242 e. The highest BCUT2D eigenvalue weighted by Crippen LogP contribution is 2.25. The summed E-state index contributed by atoms with van der Waals surface area (Å²) in [6, 6.07) is 22.2. The largest absolute Gasteiger partial charge is 0.332 e. The molecule has 1 heterocycles. The molecule has 0 atom stereocenters. The molecule has 0 N–H and O–H groups in total. The average Bonchev–Trinajstić information content (AvgIpc) is 3.28.